The van der Waals surface area contributed by atoms with Gasteiger partial charge in [0.05, 0.1) is 11.1 Å². The summed E-state index contributed by atoms with van der Waals surface area (Å²) >= 11 is 5.71. The molecule has 2 saturated heterocycles. The van der Waals surface area contributed by atoms with Gasteiger partial charge in [-0.1, -0.05) is 38.2 Å². The second-order valence-electron chi connectivity index (χ2n) is 13.2. The van der Waals surface area contributed by atoms with Gasteiger partial charge in [0.15, 0.2) is 0 Å². The molecule has 5 rings (SSSR count). The van der Waals surface area contributed by atoms with Gasteiger partial charge < -0.3 is 24.1 Å². The molecule has 2 aliphatic heterocycles. The van der Waals surface area contributed by atoms with E-state index >= 15 is 0 Å². The van der Waals surface area contributed by atoms with Gasteiger partial charge in [0.2, 0.25) is 0 Å². The number of fused-ring (bicyclic) bond motifs is 1. The number of hydrogen-bond acceptors (Lipinski definition) is 8. The first kappa shape index (κ1) is 31.2. The third-order valence-electron chi connectivity index (χ3n) is 8.41. The minimum atomic E-state index is -0.575. The molecule has 0 radical (unpaired) electrons. The summed E-state index contributed by atoms with van der Waals surface area (Å²) in [5.41, 5.74) is 2.43. The van der Waals surface area contributed by atoms with Crippen LogP contribution in [0.4, 0.5) is 4.79 Å². The summed E-state index contributed by atoms with van der Waals surface area (Å²) in [5, 5.41) is 11.0. The van der Waals surface area contributed by atoms with E-state index in [0.29, 0.717) is 21.6 Å². The third-order valence-corrected chi connectivity index (χ3v) is 8.81. The number of likely N-dealkylation sites (tertiary alicyclic amines) is 1. The average molecular weight is 609 g/mol. The van der Waals surface area contributed by atoms with E-state index in [9.17, 15) is 14.7 Å². The number of ether oxygens (including phenoxy) is 1. The second kappa shape index (κ2) is 12.8. The van der Waals surface area contributed by atoms with Gasteiger partial charge in [-0.25, -0.2) is 14.2 Å². The summed E-state index contributed by atoms with van der Waals surface area (Å²) in [6.45, 7) is 17.2. The molecule has 0 spiro atoms. The van der Waals surface area contributed by atoms with Crippen molar-refractivity contribution in [3.63, 3.8) is 0 Å². The fourth-order valence-corrected chi connectivity index (χ4v) is 6.33. The molecule has 1 N–H and O–H groups in total. The normalized spacial score (nSPS) is 17.6. The minimum Gasteiger partial charge on any atom is -0.508 e. The van der Waals surface area contributed by atoms with Gasteiger partial charge in [-0.15, -0.1) is 0 Å². The Hall–Kier alpha value is -3.21. The monoisotopic (exact) mass is 608 g/mol. The van der Waals surface area contributed by atoms with Crippen LogP contribution in [0.1, 0.15) is 64.5 Å². The summed E-state index contributed by atoms with van der Waals surface area (Å²) in [5.74, 6) is 0.238. The van der Waals surface area contributed by atoms with Crippen molar-refractivity contribution in [3.8, 4) is 11.4 Å². The molecule has 9 nitrogen and oxygen atoms in total. The Labute approximate surface area is 258 Å². The maximum atomic E-state index is 12.9. The van der Waals surface area contributed by atoms with E-state index in [-0.39, 0.29) is 23.3 Å². The largest absolute Gasteiger partial charge is 0.508 e. The standard InChI is InChI=1S/C33H44N4O5S/c1-22(2)26-18-27-29(19-28(26)38)41-32(40)37(30(27)43)25-8-6-23(7-9-25)20-34-14-16-35(17-15-34)21-24-10-12-36(13-11-24)31(39)42-33(3,4)5/h6-9,18-19,22,24,38H,10-17,20-21H2,1-5H3. The molecular weight excluding hydrogens is 564 g/mol. The van der Waals surface area contributed by atoms with Crippen molar-refractivity contribution in [1.82, 2.24) is 19.3 Å². The molecule has 3 heterocycles. The maximum absolute atomic E-state index is 12.9. The molecule has 1 aromatic heterocycles. The topological polar surface area (TPSA) is 91.4 Å². The molecule has 2 aromatic carbocycles. The zero-order chi connectivity index (χ0) is 30.9. The number of rotatable bonds is 6. The molecule has 0 saturated carbocycles. The Kier molecular flexibility index (Phi) is 9.29. The van der Waals surface area contributed by atoms with E-state index in [1.165, 1.54) is 16.2 Å². The Morgan fingerprint density at radius 1 is 1.02 bits per heavy atom. The van der Waals surface area contributed by atoms with Gasteiger partial charge in [-0.05, 0) is 74.8 Å². The lowest BCUT2D eigenvalue weighted by molar-refractivity contribution is 0.0159. The van der Waals surface area contributed by atoms with Crippen LogP contribution in [0.5, 0.6) is 5.75 Å². The van der Waals surface area contributed by atoms with Gasteiger partial charge in [-0.3, -0.25) is 4.90 Å². The molecule has 2 fully saturated rings. The molecule has 1 amide bonds. The van der Waals surface area contributed by atoms with E-state index in [2.05, 4.69) is 9.80 Å². The SMILES string of the molecule is CC(C)c1cc2c(=S)n(-c3ccc(CN4CCN(CC5CCN(C(=O)OC(C)(C)C)CC5)CC4)cc3)c(=O)oc2cc1O. The van der Waals surface area contributed by atoms with Crippen LogP contribution >= 0.6 is 12.2 Å². The zero-order valence-electron chi connectivity index (χ0n) is 26.0. The van der Waals surface area contributed by atoms with Crippen LogP contribution in [-0.4, -0.2) is 81.9 Å². The molecular formula is C33H44N4O5S. The van der Waals surface area contributed by atoms with Crippen molar-refractivity contribution in [2.24, 2.45) is 5.92 Å². The van der Waals surface area contributed by atoms with Gasteiger partial charge in [0.25, 0.3) is 0 Å². The number of carbonyl (C=O) groups excluding carboxylic acids is 1. The number of aromatic nitrogens is 1. The van der Waals surface area contributed by atoms with E-state index in [0.717, 1.165) is 70.8 Å². The minimum absolute atomic E-state index is 0.101. The molecule has 2 aliphatic rings. The van der Waals surface area contributed by atoms with E-state index in [1.807, 2.05) is 69.9 Å². The predicted molar refractivity (Wildman–Crippen MR) is 171 cm³/mol. The van der Waals surface area contributed by atoms with Crippen LogP contribution < -0.4 is 5.76 Å². The van der Waals surface area contributed by atoms with Crippen LogP contribution in [-0.2, 0) is 11.3 Å². The number of benzene rings is 2. The quantitative estimate of drug-likeness (QED) is 0.346. The lowest BCUT2D eigenvalue weighted by Crippen LogP contribution is -2.49. The number of piperazine rings is 1. The second-order valence-corrected chi connectivity index (χ2v) is 13.6. The van der Waals surface area contributed by atoms with Crippen LogP contribution in [0.25, 0.3) is 16.7 Å². The highest BCUT2D eigenvalue weighted by Crippen LogP contribution is 2.31. The van der Waals surface area contributed by atoms with Gasteiger partial charge in [-0.2, -0.15) is 0 Å². The lowest BCUT2D eigenvalue weighted by atomic mass is 9.96. The summed E-state index contributed by atoms with van der Waals surface area (Å²) in [4.78, 5) is 32.1. The predicted octanol–water partition coefficient (Wildman–Crippen LogP) is 5.91. The van der Waals surface area contributed by atoms with Gasteiger partial charge >= 0.3 is 11.8 Å². The van der Waals surface area contributed by atoms with Gasteiger partial charge in [0, 0.05) is 58.4 Å². The van der Waals surface area contributed by atoms with Crippen molar-refractivity contribution < 1.29 is 19.1 Å². The van der Waals surface area contributed by atoms with Crippen molar-refractivity contribution >= 4 is 29.3 Å². The zero-order valence-corrected chi connectivity index (χ0v) is 26.8. The molecule has 0 atom stereocenters. The van der Waals surface area contributed by atoms with Crippen LogP contribution in [0.2, 0.25) is 0 Å². The Bertz CT molecular complexity index is 1560. The number of nitrogens with zero attached hydrogens (tertiary/aromatic N) is 4. The highest BCUT2D eigenvalue weighted by Gasteiger charge is 2.28. The maximum Gasteiger partial charge on any atom is 0.425 e. The van der Waals surface area contributed by atoms with E-state index in [1.54, 1.807) is 0 Å². The first-order valence-corrected chi connectivity index (χ1v) is 15.7. The summed E-state index contributed by atoms with van der Waals surface area (Å²) in [6.07, 6.45) is 1.84. The van der Waals surface area contributed by atoms with Gasteiger partial charge in [0.1, 0.15) is 21.6 Å². The molecule has 232 valence electrons. The summed E-state index contributed by atoms with van der Waals surface area (Å²) in [7, 11) is 0. The Morgan fingerprint density at radius 3 is 2.26 bits per heavy atom. The number of carbonyl (C=O) groups is 1. The van der Waals surface area contributed by atoms with Crippen molar-refractivity contribution in [2.75, 3.05) is 45.8 Å². The molecule has 10 heteroatoms. The molecule has 0 unspecified atom stereocenters. The highest BCUT2D eigenvalue weighted by atomic mass is 32.1. The van der Waals surface area contributed by atoms with Crippen LogP contribution in [0, 0.1) is 10.6 Å². The number of phenols is 1. The fraction of sp³-hybridized carbons (Fsp3) is 0.545. The summed E-state index contributed by atoms with van der Waals surface area (Å²) in [6, 6.07) is 11.2. The number of piperidine rings is 1. The van der Waals surface area contributed by atoms with Crippen molar-refractivity contribution in [3.05, 3.63) is 62.7 Å². The number of phenolic OH excluding ortho intramolecular Hbond substituents is 1. The molecule has 0 bridgehead atoms. The van der Waals surface area contributed by atoms with E-state index < -0.39 is 11.4 Å². The lowest BCUT2D eigenvalue weighted by Gasteiger charge is -2.39. The van der Waals surface area contributed by atoms with Crippen molar-refractivity contribution in [2.45, 2.75) is 65.5 Å². The smallest absolute Gasteiger partial charge is 0.425 e. The Morgan fingerprint density at radius 2 is 1.65 bits per heavy atom. The van der Waals surface area contributed by atoms with Crippen LogP contribution in [0.3, 0.4) is 0 Å². The number of amides is 1. The first-order chi connectivity index (χ1) is 20.4. The molecule has 0 aliphatic carbocycles. The molecule has 3 aromatic rings. The summed E-state index contributed by atoms with van der Waals surface area (Å²) < 4.78 is 12.9. The van der Waals surface area contributed by atoms with Crippen molar-refractivity contribution in [1.29, 1.82) is 0 Å². The molecule has 43 heavy (non-hydrogen) atoms. The van der Waals surface area contributed by atoms with E-state index in [4.69, 9.17) is 21.4 Å². The highest BCUT2D eigenvalue weighted by molar-refractivity contribution is 7.71. The van der Waals surface area contributed by atoms with Crippen LogP contribution in [0.15, 0.2) is 45.6 Å². The fourth-order valence-electron chi connectivity index (χ4n) is 5.99. The number of aromatic hydroxyl groups is 1. The Balaban J connectivity index is 1.14. The number of hydrogen-bond donors (Lipinski definition) is 1. The average Bonchev–Trinajstić information content (AvgIpc) is 2.94. The first-order valence-electron chi connectivity index (χ1n) is 15.3. The third kappa shape index (κ3) is 7.48.